The summed E-state index contributed by atoms with van der Waals surface area (Å²) in [4.78, 5) is 12.8. The summed E-state index contributed by atoms with van der Waals surface area (Å²) in [6.45, 7) is 13.9. The summed E-state index contributed by atoms with van der Waals surface area (Å²) in [7, 11) is -5.64. The smallest absolute Gasteiger partial charge is 0.308 e. The lowest BCUT2D eigenvalue weighted by molar-refractivity contribution is -0.146. The summed E-state index contributed by atoms with van der Waals surface area (Å²) in [6, 6.07) is 41.9. The molecule has 1 saturated heterocycles. The average Bonchev–Trinajstić information content (AvgIpc) is 3.43. The van der Waals surface area contributed by atoms with Gasteiger partial charge in [0.25, 0.3) is 16.6 Å². The average molecular weight is 667 g/mol. The number of aliphatic hydroxyl groups excluding tert-OH is 1. The molecule has 1 fully saturated rings. The molecular formula is C40H50O5Si2. The van der Waals surface area contributed by atoms with Crippen molar-refractivity contribution in [1.29, 1.82) is 0 Å². The fourth-order valence-corrected chi connectivity index (χ4v) is 16.6. The molecule has 0 spiro atoms. The molecule has 0 saturated carbocycles. The molecule has 0 amide bonds. The van der Waals surface area contributed by atoms with Crippen molar-refractivity contribution >= 4 is 43.4 Å². The molecule has 0 bridgehead atoms. The van der Waals surface area contributed by atoms with Crippen molar-refractivity contribution in [2.24, 2.45) is 0 Å². The van der Waals surface area contributed by atoms with E-state index in [-0.39, 0.29) is 22.5 Å². The van der Waals surface area contributed by atoms with Crippen molar-refractivity contribution in [1.82, 2.24) is 0 Å². The maximum absolute atomic E-state index is 12.8. The van der Waals surface area contributed by atoms with Crippen LogP contribution in [0.1, 0.15) is 60.8 Å². The van der Waals surface area contributed by atoms with Crippen LogP contribution in [0, 0.1) is 0 Å². The number of ether oxygens (including phenoxy) is 1. The standard InChI is InChI=1S/C40H50O5Si2/c1-39(2,3)46(31-20-11-7-12-21-31,32-22-13-8-14-23-32)43-29-19-28-35(41)38-36(30-37(42)44-38)45-47(40(4,5)6,33-24-15-9-16-25-33)34-26-17-10-18-27-34/h7-18,20-27,35-36,38,41H,19,28-30H2,1-6H3/t35-,36+,38-/m1/s1. The minimum absolute atomic E-state index is 0.116. The van der Waals surface area contributed by atoms with Gasteiger partial charge >= 0.3 is 5.97 Å². The first-order valence-corrected chi connectivity index (χ1v) is 20.6. The number of esters is 1. The van der Waals surface area contributed by atoms with E-state index in [0.29, 0.717) is 19.4 Å². The number of hydrogen-bond acceptors (Lipinski definition) is 5. The number of carbonyl (C=O) groups is 1. The Labute approximate surface area is 283 Å². The van der Waals surface area contributed by atoms with E-state index >= 15 is 0 Å². The number of aliphatic hydroxyl groups is 1. The van der Waals surface area contributed by atoms with Crippen molar-refractivity contribution in [2.45, 2.75) is 89.2 Å². The van der Waals surface area contributed by atoms with Crippen LogP contribution in [0.25, 0.3) is 0 Å². The van der Waals surface area contributed by atoms with Gasteiger partial charge in [0, 0.05) is 6.61 Å². The molecule has 0 aromatic heterocycles. The quantitative estimate of drug-likeness (QED) is 0.115. The van der Waals surface area contributed by atoms with Gasteiger partial charge < -0.3 is 18.7 Å². The topological polar surface area (TPSA) is 65.0 Å². The Hall–Kier alpha value is -3.34. The number of cyclic esters (lactones) is 1. The van der Waals surface area contributed by atoms with Crippen LogP contribution in [0.2, 0.25) is 10.1 Å². The van der Waals surface area contributed by atoms with Crippen LogP contribution in [0.3, 0.4) is 0 Å². The number of benzene rings is 4. The predicted molar refractivity (Wildman–Crippen MR) is 196 cm³/mol. The second-order valence-electron chi connectivity index (χ2n) is 14.7. The first kappa shape index (κ1) is 35.0. The third-order valence-corrected chi connectivity index (χ3v) is 19.6. The Bertz CT molecular complexity index is 1490. The summed E-state index contributed by atoms with van der Waals surface area (Å²) in [5.74, 6) is -0.333. The number of hydrogen-bond donors (Lipinski definition) is 1. The Morgan fingerprint density at radius 3 is 1.45 bits per heavy atom. The third kappa shape index (κ3) is 7.10. The van der Waals surface area contributed by atoms with E-state index in [4.69, 9.17) is 13.6 Å². The molecule has 1 N–H and O–H groups in total. The summed E-state index contributed by atoms with van der Waals surface area (Å²) in [5.41, 5.74) is 0. The Balaban J connectivity index is 1.38. The monoisotopic (exact) mass is 666 g/mol. The summed E-state index contributed by atoms with van der Waals surface area (Å²) in [5, 5.41) is 15.9. The normalized spacial score (nSPS) is 18.1. The Kier molecular flexibility index (Phi) is 10.7. The highest BCUT2D eigenvalue weighted by atomic mass is 28.4. The van der Waals surface area contributed by atoms with E-state index in [0.717, 1.165) is 10.4 Å². The highest BCUT2D eigenvalue weighted by Gasteiger charge is 2.55. The van der Waals surface area contributed by atoms with Crippen molar-refractivity contribution in [3.63, 3.8) is 0 Å². The van der Waals surface area contributed by atoms with E-state index in [1.807, 2.05) is 48.5 Å². The molecule has 4 aromatic carbocycles. The van der Waals surface area contributed by atoms with E-state index in [1.165, 1.54) is 10.4 Å². The molecule has 0 aliphatic carbocycles. The zero-order chi connectivity index (χ0) is 33.7. The lowest BCUT2D eigenvalue weighted by Gasteiger charge is -2.45. The van der Waals surface area contributed by atoms with Gasteiger partial charge in [0.1, 0.15) is 0 Å². The maximum Gasteiger partial charge on any atom is 0.308 e. The third-order valence-electron chi connectivity index (χ3n) is 9.51. The highest BCUT2D eigenvalue weighted by molar-refractivity contribution is 7.00. The zero-order valence-electron chi connectivity index (χ0n) is 28.7. The molecular weight excluding hydrogens is 617 g/mol. The summed E-state index contributed by atoms with van der Waals surface area (Å²) < 4.78 is 20.2. The molecule has 1 aliphatic heterocycles. The minimum Gasteiger partial charge on any atom is -0.457 e. The number of rotatable bonds is 12. The van der Waals surface area contributed by atoms with Crippen LogP contribution in [0.15, 0.2) is 121 Å². The van der Waals surface area contributed by atoms with Crippen LogP contribution in [-0.2, 0) is 18.4 Å². The molecule has 7 heteroatoms. The van der Waals surface area contributed by atoms with Gasteiger partial charge in [0.05, 0.1) is 18.6 Å². The fraction of sp³-hybridized carbons (Fsp3) is 0.375. The lowest BCUT2D eigenvalue weighted by Crippen LogP contribution is -2.68. The molecule has 47 heavy (non-hydrogen) atoms. The molecule has 1 heterocycles. The predicted octanol–water partition coefficient (Wildman–Crippen LogP) is 5.96. The summed E-state index contributed by atoms with van der Waals surface area (Å²) in [6.07, 6.45) is -1.04. The maximum atomic E-state index is 12.8. The van der Waals surface area contributed by atoms with Gasteiger partial charge in [-0.3, -0.25) is 4.79 Å². The van der Waals surface area contributed by atoms with Gasteiger partial charge in [0.15, 0.2) is 6.10 Å². The minimum atomic E-state index is -2.95. The van der Waals surface area contributed by atoms with Crippen LogP contribution < -0.4 is 20.7 Å². The summed E-state index contributed by atoms with van der Waals surface area (Å²) >= 11 is 0. The van der Waals surface area contributed by atoms with Crippen molar-refractivity contribution in [2.75, 3.05) is 6.61 Å². The molecule has 3 atom stereocenters. The van der Waals surface area contributed by atoms with E-state index in [9.17, 15) is 9.90 Å². The first-order chi connectivity index (χ1) is 22.4. The van der Waals surface area contributed by atoms with Gasteiger partial charge in [0.2, 0.25) is 0 Å². The van der Waals surface area contributed by atoms with Crippen LogP contribution in [-0.4, -0.2) is 52.6 Å². The van der Waals surface area contributed by atoms with Crippen LogP contribution in [0.5, 0.6) is 0 Å². The molecule has 1 aliphatic rings. The van der Waals surface area contributed by atoms with E-state index in [1.54, 1.807) is 0 Å². The molecule has 5 nitrogen and oxygen atoms in total. The number of carbonyl (C=O) groups excluding carboxylic acids is 1. The van der Waals surface area contributed by atoms with E-state index < -0.39 is 34.9 Å². The van der Waals surface area contributed by atoms with Gasteiger partial charge in [-0.1, -0.05) is 163 Å². The van der Waals surface area contributed by atoms with Crippen LogP contribution in [0.4, 0.5) is 0 Å². The molecule has 4 aromatic rings. The Morgan fingerprint density at radius 2 is 1.06 bits per heavy atom. The first-order valence-electron chi connectivity index (χ1n) is 16.8. The van der Waals surface area contributed by atoms with Crippen molar-refractivity contribution in [3.8, 4) is 0 Å². The van der Waals surface area contributed by atoms with E-state index in [2.05, 4.69) is 114 Å². The molecule has 0 unspecified atom stereocenters. The lowest BCUT2D eigenvalue weighted by atomic mass is 10.0. The zero-order valence-corrected chi connectivity index (χ0v) is 30.7. The second-order valence-corrected chi connectivity index (χ2v) is 23.3. The highest BCUT2D eigenvalue weighted by Crippen LogP contribution is 2.40. The van der Waals surface area contributed by atoms with Gasteiger partial charge in [-0.25, -0.2) is 0 Å². The van der Waals surface area contributed by atoms with Crippen LogP contribution >= 0.6 is 0 Å². The van der Waals surface area contributed by atoms with Crippen molar-refractivity contribution in [3.05, 3.63) is 121 Å². The van der Waals surface area contributed by atoms with Gasteiger partial charge in [-0.05, 0) is 43.7 Å². The molecule has 5 rings (SSSR count). The fourth-order valence-electron chi connectivity index (χ4n) is 7.35. The second kappa shape index (κ2) is 14.4. The SMILES string of the molecule is CC(C)(C)[Si](OCCC[C@@H](O)[C@H]1OC(=O)C[C@@H]1O[Si](c1ccccc1)(c1ccccc1)C(C)(C)C)(c1ccccc1)c1ccccc1. The molecule has 248 valence electrons. The van der Waals surface area contributed by atoms with Gasteiger partial charge in [-0.2, -0.15) is 0 Å². The van der Waals surface area contributed by atoms with Crippen molar-refractivity contribution < 1.29 is 23.5 Å². The largest absolute Gasteiger partial charge is 0.457 e. The Morgan fingerprint density at radius 1 is 0.681 bits per heavy atom. The van der Waals surface area contributed by atoms with Gasteiger partial charge in [-0.15, -0.1) is 0 Å². The molecule has 0 radical (unpaired) electrons.